The molecule has 1 aromatic carbocycles. The van der Waals surface area contributed by atoms with E-state index in [1.807, 2.05) is 12.3 Å². The number of benzene rings is 1. The van der Waals surface area contributed by atoms with Crippen LogP contribution in [0.4, 0.5) is 0 Å². The molecule has 0 atom stereocenters. The number of hydrogen-bond acceptors (Lipinski definition) is 3. The van der Waals surface area contributed by atoms with E-state index in [9.17, 15) is 5.11 Å². The smallest absolute Gasteiger partial charge is 0.160 e. The summed E-state index contributed by atoms with van der Waals surface area (Å²) < 4.78 is 7.85. The fourth-order valence-electron chi connectivity index (χ4n) is 2.69. The molecule has 0 radical (unpaired) electrons. The number of aromatic nitrogens is 2. The van der Waals surface area contributed by atoms with Crippen molar-refractivity contribution < 1.29 is 9.84 Å². The maximum Gasteiger partial charge on any atom is 0.160 e. The number of phenolic OH excluding ortho intramolecular Hbond substituents is 1. The second-order valence-electron chi connectivity index (χ2n) is 6.22. The summed E-state index contributed by atoms with van der Waals surface area (Å²) in [5.74, 6) is 2.46. The van der Waals surface area contributed by atoms with Crippen LogP contribution in [0.1, 0.15) is 57.7 Å². The third-order valence-electron chi connectivity index (χ3n) is 3.93. The van der Waals surface area contributed by atoms with E-state index in [4.69, 9.17) is 4.74 Å². The largest absolute Gasteiger partial charge is 0.504 e. The van der Waals surface area contributed by atoms with Crippen LogP contribution in [0.2, 0.25) is 0 Å². The second-order valence-corrected chi connectivity index (χ2v) is 6.22. The standard InChI is InChI=1S/C19H28N2O2/c1-16(2)19-20-12-14-21(19)13-8-4-3-5-9-15-23-18-11-7-6-10-17(18)22/h6-7,10-12,14,16,22H,3-5,8-9,13,15H2,1-2H3. The number of ether oxygens (including phenoxy) is 1. The molecular weight excluding hydrogens is 288 g/mol. The van der Waals surface area contributed by atoms with Crippen molar-refractivity contribution in [1.82, 2.24) is 9.55 Å². The van der Waals surface area contributed by atoms with Crippen LogP contribution in [0.15, 0.2) is 36.7 Å². The number of unbranched alkanes of at least 4 members (excludes halogenated alkanes) is 4. The number of rotatable bonds is 10. The van der Waals surface area contributed by atoms with Gasteiger partial charge in [0.25, 0.3) is 0 Å². The van der Waals surface area contributed by atoms with E-state index in [0.29, 0.717) is 18.3 Å². The van der Waals surface area contributed by atoms with Crippen molar-refractivity contribution in [2.75, 3.05) is 6.61 Å². The minimum atomic E-state index is 0.216. The lowest BCUT2D eigenvalue weighted by molar-refractivity contribution is 0.288. The molecule has 0 aliphatic heterocycles. The summed E-state index contributed by atoms with van der Waals surface area (Å²) in [5.41, 5.74) is 0. The van der Waals surface area contributed by atoms with Crippen molar-refractivity contribution in [1.29, 1.82) is 0 Å². The van der Waals surface area contributed by atoms with E-state index in [1.165, 1.54) is 25.1 Å². The fraction of sp³-hybridized carbons (Fsp3) is 0.526. The zero-order valence-corrected chi connectivity index (χ0v) is 14.2. The Hall–Kier alpha value is -1.97. The Morgan fingerprint density at radius 1 is 1.09 bits per heavy atom. The highest BCUT2D eigenvalue weighted by Gasteiger charge is 2.06. The number of imidazole rings is 1. The molecule has 0 amide bonds. The Labute approximate surface area is 139 Å². The molecular formula is C19H28N2O2. The van der Waals surface area contributed by atoms with Gasteiger partial charge < -0.3 is 14.4 Å². The molecule has 23 heavy (non-hydrogen) atoms. The summed E-state index contributed by atoms with van der Waals surface area (Å²) in [4.78, 5) is 4.42. The van der Waals surface area contributed by atoms with Crippen LogP contribution in [0.5, 0.6) is 11.5 Å². The van der Waals surface area contributed by atoms with E-state index >= 15 is 0 Å². The lowest BCUT2D eigenvalue weighted by atomic mass is 10.1. The summed E-state index contributed by atoms with van der Waals surface area (Å²) in [6.07, 6.45) is 9.80. The minimum Gasteiger partial charge on any atom is -0.504 e. The van der Waals surface area contributed by atoms with Crippen molar-refractivity contribution in [3.8, 4) is 11.5 Å². The molecule has 1 aromatic heterocycles. The zero-order valence-electron chi connectivity index (χ0n) is 14.2. The number of hydrogen-bond donors (Lipinski definition) is 1. The molecule has 4 nitrogen and oxygen atoms in total. The van der Waals surface area contributed by atoms with Crippen molar-refractivity contribution >= 4 is 0 Å². The van der Waals surface area contributed by atoms with Gasteiger partial charge in [-0.2, -0.15) is 0 Å². The van der Waals surface area contributed by atoms with Gasteiger partial charge in [0.15, 0.2) is 11.5 Å². The van der Waals surface area contributed by atoms with Crippen LogP contribution < -0.4 is 4.74 Å². The molecule has 0 unspecified atom stereocenters. The van der Waals surface area contributed by atoms with Crippen LogP contribution in [0, 0.1) is 0 Å². The molecule has 0 saturated carbocycles. The lowest BCUT2D eigenvalue weighted by Gasteiger charge is -2.10. The van der Waals surface area contributed by atoms with Gasteiger partial charge in [0.05, 0.1) is 6.61 Å². The summed E-state index contributed by atoms with van der Waals surface area (Å²) >= 11 is 0. The van der Waals surface area contributed by atoms with Crippen molar-refractivity contribution in [3.63, 3.8) is 0 Å². The highest BCUT2D eigenvalue weighted by atomic mass is 16.5. The molecule has 126 valence electrons. The topological polar surface area (TPSA) is 47.3 Å². The summed E-state index contributed by atoms with van der Waals surface area (Å²) in [5, 5.41) is 9.60. The number of aromatic hydroxyl groups is 1. The number of para-hydroxylation sites is 2. The van der Waals surface area contributed by atoms with Crippen LogP contribution >= 0.6 is 0 Å². The van der Waals surface area contributed by atoms with Gasteiger partial charge in [0.1, 0.15) is 5.82 Å². The molecule has 0 aliphatic rings. The Balaban J connectivity index is 1.53. The van der Waals surface area contributed by atoms with Crippen molar-refractivity contribution in [2.45, 2.75) is 58.4 Å². The molecule has 0 saturated heterocycles. The first-order chi connectivity index (χ1) is 11.2. The molecule has 4 heteroatoms. The maximum absolute atomic E-state index is 9.60. The van der Waals surface area contributed by atoms with E-state index < -0.39 is 0 Å². The first kappa shape index (κ1) is 17.4. The van der Waals surface area contributed by atoms with Crippen molar-refractivity contribution in [3.05, 3.63) is 42.5 Å². The van der Waals surface area contributed by atoms with Crippen LogP contribution in [-0.2, 0) is 6.54 Å². The number of phenols is 1. The fourth-order valence-corrected chi connectivity index (χ4v) is 2.69. The lowest BCUT2D eigenvalue weighted by Crippen LogP contribution is -2.04. The van der Waals surface area contributed by atoms with Gasteiger partial charge in [-0.15, -0.1) is 0 Å². The second kappa shape index (κ2) is 9.23. The normalized spacial score (nSPS) is 11.1. The van der Waals surface area contributed by atoms with Gasteiger partial charge in [0.2, 0.25) is 0 Å². The van der Waals surface area contributed by atoms with Gasteiger partial charge in [0, 0.05) is 24.9 Å². The highest BCUT2D eigenvalue weighted by molar-refractivity contribution is 5.37. The Kier molecular flexibility index (Phi) is 6.98. The van der Waals surface area contributed by atoms with E-state index in [-0.39, 0.29) is 5.75 Å². The van der Waals surface area contributed by atoms with Gasteiger partial charge in [-0.05, 0) is 25.0 Å². The molecule has 1 N–H and O–H groups in total. The average molecular weight is 316 g/mol. The summed E-state index contributed by atoms with van der Waals surface area (Å²) in [6, 6.07) is 7.12. The highest BCUT2D eigenvalue weighted by Crippen LogP contribution is 2.24. The third kappa shape index (κ3) is 5.62. The minimum absolute atomic E-state index is 0.216. The summed E-state index contributed by atoms with van der Waals surface area (Å²) in [6.45, 7) is 6.09. The summed E-state index contributed by atoms with van der Waals surface area (Å²) in [7, 11) is 0. The van der Waals surface area contributed by atoms with Crippen LogP contribution in [-0.4, -0.2) is 21.3 Å². The Bertz CT molecular complexity index is 578. The molecule has 1 heterocycles. The number of nitrogens with zero attached hydrogens (tertiary/aromatic N) is 2. The molecule has 0 fully saturated rings. The molecule has 2 aromatic rings. The van der Waals surface area contributed by atoms with Gasteiger partial charge in [-0.25, -0.2) is 4.98 Å². The van der Waals surface area contributed by atoms with Gasteiger partial charge in [-0.1, -0.05) is 45.2 Å². The molecule has 0 spiro atoms. The third-order valence-corrected chi connectivity index (χ3v) is 3.93. The molecule has 0 bridgehead atoms. The predicted molar refractivity (Wildman–Crippen MR) is 93.0 cm³/mol. The Morgan fingerprint density at radius 3 is 2.61 bits per heavy atom. The zero-order chi connectivity index (χ0) is 16.5. The Morgan fingerprint density at radius 2 is 1.83 bits per heavy atom. The van der Waals surface area contributed by atoms with Crippen LogP contribution in [0.3, 0.4) is 0 Å². The van der Waals surface area contributed by atoms with E-state index in [1.54, 1.807) is 18.2 Å². The maximum atomic E-state index is 9.60. The van der Waals surface area contributed by atoms with E-state index in [0.717, 1.165) is 19.4 Å². The SMILES string of the molecule is CC(C)c1nccn1CCCCCCCOc1ccccc1O. The first-order valence-corrected chi connectivity index (χ1v) is 8.60. The molecule has 2 rings (SSSR count). The van der Waals surface area contributed by atoms with Crippen LogP contribution in [0.25, 0.3) is 0 Å². The van der Waals surface area contributed by atoms with E-state index in [2.05, 4.69) is 29.6 Å². The predicted octanol–water partition coefficient (Wildman–Crippen LogP) is 4.74. The molecule has 0 aliphatic carbocycles. The van der Waals surface area contributed by atoms with Crippen molar-refractivity contribution in [2.24, 2.45) is 0 Å². The first-order valence-electron chi connectivity index (χ1n) is 8.60. The monoisotopic (exact) mass is 316 g/mol. The van der Waals surface area contributed by atoms with Gasteiger partial charge >= 0.3 is 0 Å². The quantitative estimate of drug-likeness (QED) is 0.644. The number of aryl methyl sites for hydroxylation is 1. The van der Waals surface area contributed by atoms with Gasteiger partial charge in [-0.3, -0.25) is 0 Å². The average Bonchev–Trinajstić information content (AvgIpc) is 3.00.